The smallest absolute Gasteiger partial charge is 0.139 e. The van der Waals surface area contributed by atoms with E-state index in [1.807, 2.05) is 13.8 Å². The number of Topliss-reactive ketones (excluding diaryl/α,β-unsaturated/α-hetero) is 1. The minimum atomic E-state index is -0.315. The minimum absolute atomic E-state index is 0.232. The average molecular weight is 251 g/mol. The van der Waals surface area contributed by atoms with E-state index in [0.29, 0.717) is 24.3 Å². The van der Waals surface area contributed by atoms with Gasteiger partial charge in [-0.2, -0.15) is 0 Å². The Bertz CT molecular complexity index is 306. The zero-order valence-electron chi connectivity index (χ0n) is 12.7. The molecule has 2 heteroatoms. The molecule has 0 bridgehead atoms. The third kappa shape index (κ3) is 5.16. The van der Waals surface area contributed by atoms with Crippen LogP contribution in [0.25, 0.3) is 0 Å². The molecule has 0 aliphatic carbocycles. The second-order valence-corrected chi connectivity index (χ2v) is 5.56. The van der Waals surface area contributed by atoms with Crippen LogP contribution in [0, 0.1) is 16.7 Å². The lowest BCUT2D eigenvalue weighted by atomic mass is 9.69. The van der Waals surface area contributed by atoms with Crippen LogP contribution in [-0.4, -0.2) is 11.5 Å². The van der Waals surface area contributed by atoms with E-state index in [2.05, 4.69) is 32.9 Å². The van der Waals surface area contributed by atoms with E-state index in [9.17, 15) is 4.79 Å². The highest BCUT2D eigenvalue weighted by Crippen LogP contribution is 2.36. The summed E-state index contributed by atoms with van der Waals surface area (Å²) in [6.45, 7) is 10.1. The first-order valence-corrected chi connectivity index (χ1v) is 7.10. The maximum absolute atomic E-state index is 12.4. The van der Waals surface area contributed by atoms with E-state index in [1.54, 1.807) is 0 Å². The van der Waals surface area contributed by atoms with Crippen molar-refractivity contribution >= 4 is 11.5 Å². The monoisotopic (exact) mass is 251 g/mol. The molecule has 0 aliphatic rings. The third-order valence-electron chi connectivity index (χ3n) is 3.76. The molecule has 0 aromatic carbocycles. The number of ketones is 1. The number of hydrogen-bond donors (Lipinski definition) is 1. The Morgan fingerprint density at radius 2 is 1.94 bits per heavy atom. The Morgan fingerprint density at radius 1 is 1.33 bits per heavy atom. The predicted octanol–water partition coefficient (Wildman–Crippen LogP) is 4.78. The highest BCUT2D eigenvalue weighted by molar-refractivity contribution is 5.86. The molecule has 0 amide bonds. The molecule has 2 unspecified atom stereocenters. The summed E-state index contributed by atoms with van der Waals surface area (Å²) in [5.74, 6) is 0.579. The fourth-order valence-electron chi connectivity index (χ4n) is 2.28. The summed E-state index contributed by atoms with van der Waals surface area (Å²) in [4.78, 5) is 12.4. The van der Waals surface area contributed by atoms with Crippen LogP contribution in [0.2, 0.25) is 0 Å². The Morgan fingerprint density at radius 3 is 2.39 bits per heavy atom. The molecule has 0 saturated carbocycles. The van der Waals surface area contributed by atoms with Gasteiger partial charge in [-0.3, -0.25) is 4.79 Å². The number of carbonyl (C=O) groups excluding carboxylic acids is 1. The molecule has 0 spiro atoms. The van der Waals surface area contributed by atoms with Gasteiger partial charge in [0.25, 0.3) is 0 Å². The summed E-state index contributed by atoms with van der Waals surface area (Å²) in [6.07, 6.45) is 8.33. The summed E-state index contributed by atoms with van der Waals surface area (Å²) in [7, 11) is 0. The zero-order chi connectivity index (χ0) is 14.2. The molecule has 104 valence electrons. The van der Waals surface area contributed by atoms with Gasteiger partial charge < -0.3 is 5.41 Å². The summed E-state index contributed by atoms with van der Waals surface area (Å²) in [5, 5.41) is 7.63. The number of rotatable bonds is 9. The standard InChI is InChI=1S/C16H29NO/c1-6-8-9-11-16(5,15(18)10-7-2)13(3)12-14(4)17/h8-9,13,17H,6-7,10-12H2,1-5H3/b9-8-,17-14?. The van der Waals surface area contributed by atoms with Crippen molar-refractivity contribution in [2.45, 2.75) is 66.7 Å². The topological polar surface area (TPSA) is 40.9 Å². The average Bonchev–Trinajstić information content (AvgIpc) is 2.28. The molecule has 0 saturated heterocycles. The maximum Gasteiger partial charge on any atom is 0.139 e. The van der Waals surface area contributed by atoms with Crippen LogP contribution in [0.5, 0.6) is 0 Å². The Balaban J connectivity index is 4.93. The maximum atomic E-state index is 12.4. The van der Waals surface area contributed by atoms with Gasteiger partial charge in [-0.05, 0) is 38.5 Å². The van der Waals surface area contributed by atoms with Crippen molar-refractivity contribution in [2.24, 2.45) is 11.3 Å². The van der Waals surface area contributed by atoms with Crippen molar-refractivity contribution in [1.29, 1.82) is 5.41 Å². The Labute approximate surface area is 112 Å². The lowest BCUT2D eigenvalue weighted by molar-refractivity contribution is -0.130. The summed E-state index contributed by atoms with van der Waals surface area (Å²) < 4.78 is 0. The van der Waals surface area contributed by atoms with E-state index in [0.717, 1.165) is 19.3 Å². The van der Waals surface area contributed by atoms with Gasteiger partial charge in [0.2, 0.25) is 0 Å². The van der Waals surface area contributed by atoms with Gasteiger partial charge in [0, 0.05) is 17.5 Å². The second kappa shape index (κ2) is 8.23. The van der Waals surface area contributed by atoms with Crippen molar-refractivity contribution in [2.75, 3.05) is 0 Å². The summed E-state index contributed by atoms with van der Waals surface area (Å²) in [5.41, 5.74) is 0.349. The lowest BCUT2D eigenvalue weighted by Crippen LogP contribution is -2.35. The van der Waals surface area contributed by atoms with Gasteiger partial charge in [0.05, 0.1) is 0 Å². The van der Waals surface area contributed by atoms with Gasteiger partial charge in [0.15, 0.2) is 0 Å². The van der Waals surface area contributed by atoms with Gasteiger partial charge in [-0.1, -0.05) is 39.8 Å². The lowest BCUT2D eigenvalue weighted by Gasteiger charge is -2.33. The number of carbonyl (C=O) groups is 1. The van der Waals surface area contributed by atoms with E-state index >= 15 is 0 Å². The number of nitrogens with one attached hydrogen (secondary N) is 1. The number of hydrogen-bond acceptors (Lipinski definition) is 2. The fourth-order valence-corrected chi connectivity index (χ4v) is 2.28. The van der Waals surface area contributed by atoms with Crippen molar-refractivity contribution < 1.29 is 4.79 Å². The molecule has 2 nitrogen and oxygen atoms in total. The Hall–Kier alpha value is -0.920. The van der Waals surface area contributed by atoms with E-state index in [1.165, 1.54) is 0 Å². The van der Waals surface area contributed by atoms with Crippen LogP contribution in [0.4, 0.5) is 0 Å². The highest BCUT2D eigenvalue weighted by Gasteiger charge is 2.36. The molecule has 0 radical (unpaired) electrons. The largest absolute Gasteiger partial charge is 0.310 e. The molecule has 0 aliphatic heterocycles. The van der Waals surface area contributed by atoms with Crippen LogP contribution >= 0.6 is 0 Å². The molecule has 0 rings (SSSR count). The SMILES string of the molecule is CC/C=C\CC(C)(C(=O)CCC)C(C)CC(C)=N. The Kier molecular flexibility index (Phi) is 7.81. The normalized spacial score (nSPS) is 16.5. The van der Waals surface area contributed by atoms with Crippen LogP contribution in [0.3, 0.4) is 0 Å². The van der Waals surface area contributed by atoms with Crippen LogP contribution in [0.1, 0.15) is 66.7 Å². The van der Waals surface area contributed by atoms with Crippen molar-refractivity contribution in [1.82, 2.24) is 0 Å². The first kappa shape index (κ1) is 17.1. The predicted molar refractivity (Wildman–Crippen MR) is 79.3 cm³/mol. The van der Waals surface area contributed by atoms with Crippen LogP contribution in [0.15, 0.2) is 12.2 Å². The minimum Gasteiger partial charge on any atom is -0.310 e. The molecule has 0 heterocycles. The molecule has 0 fully saturated rings. The highest BCUT2D eigenvalue weighted by atomic mass is 16.1. The van der Waals surface area contributed by atoms with E-state index < -0.39 is 0 Å². The molecular formula is C16H29NO. The van der Waals surface area contributed by atoms with Gasteiger partial charge in [-0.15, -0.1) is 0 Å². The molecule has 2 atom stereocenters. The van der Waals surface area contributed by atoms with Crippen LogP contribution in [-0.2, 0) is 4.79 Å². The van der Waals surface area contributed by atoms with Crippen LogP contribution < -0.4 is 0 Å². The van der Waals surface area contributed by atoms with Gasteiger partial charge >= 0.3 is 0 Å². The summed E-state index contributed by atoms with van der Waals surface area (Å²) >= 11 is 0. The molecular weight excluding hydrogens is 222 g/mol. The van der Waals surface area contributed by atoms with Gasteiger partial charge in [-0.25, -0.2) is 0 Å². The zero-order valence-corrected chi connectivity index (χ0v) is 12.7. The first-order valence-electron chi connectivity index (χ1n) is 7.10. The number of allylic oxidation sites excluding steroid dienone is 2. The van der Waals surface area contributed by atoms with Crippen molar-refractivity contribution in [3.63, 3.8) is 0 Å². The summed E-state index contributed by atoms with van der Waals surface area (Å²) in [6, 6.07) is 0. The first-order chi connectivity index (χ1) is 8.38. The second-order valence-electron chi connectivity index (χ2n) is 5.56. The quantitative estimate of drug-likeness (QED) is 0.465. The van der Waals surface area contributed by atoms with E-state index in [4.69, 9.17) is 5.41 Å². The van der Waals surface area contributed by atoms with Crippen molar-refractivity contribution in [3.8, 4) is 0 Å². The molecule has 0 aromatic heterocycles. The van der Waals surface area contributed by atoms with Gasteiger partial charge in [0.1, 0.15) is 5.78 Å². The fraction of sp³-hybridized carbons (Fsp3) is 0.750. The molecule has 1 N–H and O–H groups in total. The third-order valence-corrected chi connectivity index (χ3v) is 3.76. The molecule has 18 heavy (non-hydrogen) atoms. The molecule has 0 aromatic rings. The van der Waals surface area contributed by atoms with Crippen molar-refractivity contribution in [3.05, 3.63) is 12.2 Å². The van der Waals surface area contributed by atoms with E-state index in [-0.39, 0.29) is 11.3 Å².